The van der Waals surface area contributed by atoms with Gasteiger partial charge < -0.3 is 10.2 Å². The largest absolute Gasteiger partial charge is 0.352 e. The molecular weight excluding hydrogens is 402 g/mol. The van der Waals surface area contributed by atoms with Gasteiger partial charge in [-0.1, -0.05) is 42.5 Å². The maximum atomic E-state index is 12.9. The van der Waals surface area contributed by atoms with E-state index in [9.17, 15) is 19.7 Å². The molecule has 0 heterocycles. The first kappa shape index (κ1) is 23.4. The summed E-state index contributed by atoms with van der Waals surface area (Å²) in [6.45, 7) is 5.85. The molecule has 0 saturated carbocycles. The van der Waals surface area contributed by atoms with Crippen molar-refractivity contribution >= 4 is 29.3 Å². The Morgan fingerprint density at radius 1 is 1.03 bits per heavy atom. The van der Waals surface area contributed by atoms with E-state index in [2.05, 4.69) is 5.32 Å². The van der Waals surface area contributed by atoms with Gasteiger partial charge in [0.05, 0.1) is 10.7 Å². The Kier molecular flexibility index (Phi) is 8.86. The van der Waals surface area contributed by atoms with E-state index in [-0.39, 0.29) is 29.3 Å². The predicted octanol–water partition coefficient (Wildman–Crippen LogP) is 3.77. The molecule has 0 radical (unpaired) electrons. The summed E-state index contributed by atoms with van der Waals surface area (Å²) in [7, 11) is 0. The first-order valence-corrected chi connectivity index (χ1v) is 10.9. The molecule has 0 bridgehead atoms. The number of carbonyl (C=O) groups is 2. The molecule has 30 heavy (non-hydrogen) atoms. The number of nitro groups is 1. The molecule has 0 aliphatic rings. The maximum absolute atomic E-state index is 12.9. The highest BCUT2D eigenvalue weighted by Crippen LogP contribution is 2.18. The molecule has 2 amide bonds. The highest BCUT2D eigenvalue weighted by molar-refractivity contribution is 7.99. The van der Waals surface area contributed by atoms with E-state index in [1.807, 2.05) is 44.2 Å². The second-order valence-electron chi connectivity index (χ2n) is 7.26. The van der Waals surface area contributed by atoms with Crippen LogP contribution < -0.4 is 5.32 Å². The van der Waals surface area contributed by atoms with Gasteiger partial charge in [0.1, 0.15) is 6.04 Å². The number of carbonyl (C=O) groups excluding carboxylic acids is 2. The van der Waals surface area contributed by atoms with Gasteiger partial charge >= 0.3 is 0 Å². The smallest absolute Gasteiger partial charge is 0.269 e. The predicted molar refractivity (Wildman–Crippen MR) is 119 cm³/mol. The third kappa shape index (κ3) is 7.18. The standard InChI is InChI=1S/C22H27N3O4S/c1-16(2)23-22(27)17(3)24(13-18-7-5-4-6-8-18)21(26)15-30-14-19-9-11-20(12-10-19)25(28)29/h4-12,16-17H,13-15H2,1-3H3,(H,23,27)/t17-/m1/s1. The van der Waals surface area contributed by atoms with Gasteiger partial charge in [-0.3, -0.25) is 19.7 Å². The minimum Gasteiger partial charge on any atom is -0.352 e. The summed E-state index contributed by atoms with van der Waals surface area (Å²) in [5, 5.41) is 13.6. The molecule has 1 N–H and O–H groups in total. The Hall–Kier alpha value is -2.87. The molecular formula is C22H27N3O4S. The lowest BCUT2D eigenvalue weighted by molar-refractivity contribution is -0.384. The zero-order valence-electron chi connectivity index (χ0n) is 17.4. The lowest BCUT2D eigenvalue weighted by Crippen LogP contribution is -2.49. The van der Waals surface area contributed by atoms with Crippen molar-refractivity contribution in [3.05, 3.63) is 75.8 Å². The van der Waals surface area contributed by atoms with Crippen LogP contribution in [-0.4, -0.2) is 39.5 Å². The third-order valence-electron chi connectivity index (χ3n) is 4.44. The summed E-state index contributed by atoms with van der Waals surface area (Å²) < 4.78 is 0. The number of thioether (sulfide) groups is 1. The number of nitrogens with one attached hydrogen (secondary N) is 1. The van der Waals surface area contributed by atoms with E-state index < -0.39 is 11.0 Å². The van der Waals surface area contributed by atoms with Crippen molar-refractivity contribution in [2.75, 3.05) is 5.75 Å². The quantitative estimate of drug-likeness (QED) is 0.458. The topological polar surface area (TPSA) is 92.6 Å². The molecule has 0 saturated heterocycles. The van der Waals surface area contributed by atoms with Crippen molar-refractivity contribution < 1.29 is 14.5 Å². The number of hydrogen-bond acceptors (Lipinski definition) is 5. The number of rotatable bonds is 10. The average molecular weight is 430 g/mol. The molecule has 0 aliphatic heterocycles. The van der Waals surface area contributed by atoms with Gasteiger partial charge in [-0.05, 0) is 31.9 Å². The van der Waals surface area contributed by atoms with Crippen molar-refractivity contribution in [3.8, 4) is 0 Å². The SMILES string of the molecule is CC(C)NC(=O)[C@@H](C)N(Cc1ccccc1)C(=O)CSCc1ccc([N+](=O)[O-])cc1. The van der Waals surface area contributed by atoms with Crippen LogP contribution in [0.2, 0.25) is 0 Å². The van der Waals surface area contributed by atoms with Gasteiger partial charge in [0.25, 0.3) is 5.69 Å². The lowest BCUT2D eigenvalue weighted by Gasteiger charge is -2.29. The second kappa shape index (κ2) is 11.3. The Balaban J connectivity index is 2.02. The number of non-ortho nitro benzene ring substituents is 1. The molecule has 7 nitrogen and oxygen atoms in total. The van der Waals surface area contributed by atoms with E-state index in [4.69, 9.17) is 0 Å². The first-order chi connectivity index (χ1) is 14.3. The first-order valence-electron chi connectivity index (χ1n) is 9.72. The Morgan fingerprint density at radius 2 is 1.67 bits per heavy atom. The van der Waals surface area contributed by atoms with Crippen molar-refractivity contribution in [1.82, 2.24) is 10.2 Å². The van der Waals surface area contributed by atoms with E-state index >= 15 is 0 Å². The summed E-state index contributed by atoms with van der Waals surface area (Å²) in [5.41, 5.74) is 1.90. The van der Waals surface area contributed by atoms with Gasteiger partial charge in [0, 0.05) is 30.5 Å². The Morgan fingerprint density at radius 3 is 2.23 bits per heavy atom. The van der Waals surface area contributed by atoms with Crippen LogP contribution in [0.15, 0.2) is 54.6 Å². The number of nitrogens with zero attached hydrogens (tertiary/aromatic N) is 2. The van der Waals surface area contributed by atoms with Gasteiger partial charge in [0.2, 0.25) is 11.8 Å². The second-order valence-corrected chi connectivity index (χ2v) is 8.25. The number of nitro benzene ring substituents is 1. The van der Waals surface area contributed by atoms with Gasteiger partial charge in [-0.25, -0.2) is 0 Å². The highest BCUT2D eigenvalue weighted by atomic mass is 32.2. The molecule has 160 valence electrons. The van der Waals surface area contributed by atoms with E-state index in [1.54, 1.807) is 24.0 Å². The number of hydrogen-bond donors (Lipinski definition) is 1. The van der Waals surface area contributed by atoms with Crippen LogP contribution in [0.5, 0.6) is 0 Å². The highest BCUT2D eigenvalue weighted by Gasteiger charge is 2.26. The zero-order chi connectivity index (χ0) is 22.1. The van der Waals surface area contributed by atoms with Crippen LogP contribution >= 0.6 is 11.8 Å². The third-order valence-corrected chi connectivity index (χ3v) is 5.42. The number of benzene rings is 2. The number of amides is 2. The molecule has 0 unspecified atom stereocenters. The van der Waals surface area contributed by atoms with Crippen molar-refractivity contribution in [2.24, 2.45) is 0 Å². The van der Waals surface area contributed by atoms with E-state index in [0.29, 0.717) is 12.3 Å². The van der Waals surface area contributed by atoms with Crippen LogP contribution in [-0.2, 0) is 21.9 Å². The summed E-state index contributed by atoms with van der Waals surface area (Å²) in [5.74, 6) is 0.449. The fourth-order valence-electron chi connectivity index (χ4n) is 2.82. The molecule has 0 spiro atoms. The van der Waals surface area contributed by atoms with Crippen molar-refractivity contribution in [3.63, 3.8) is 0 Å². The summed E-state index contributed by atoms with van der Waals surface area (Å²) in [6, 6.07) is 15.3. The van der Waals surface area contributed by atoms with Crippen LogP contribution in [0.3, 0.4) is 0 Å². The average Bonchev–Trinajstić information content (AvgIpc) is 2.72. The fourth-order valence-corrected chi connectivity index (χ4v) is 3.69. The lowest BCUT2D eigenvalue weighted by atomic mass is 10.1. The minimum atomic E-state index is -0.597. The molecule has 0 fully saturated rings. The molecule has 0 aromatic heterocycles. The van der Waals surface area contributed by atoms with Gasteiger partial charge in [0.15, 0.2) is 0 Å². The molecule has 1 atom stereocenters. The fraction of sp³-hybridized carbons (Fsp3) is 0.364. The minimum absolute atomic E-state index is 0.00913. The van der Waals surface area contributed by atoms with Crippen LogP contribution in [0.4, 0.5) is 5.69 Å². The molecule has 2 aromatic rings. The Bertz CT molecular complexity index is 856. The van der Waals surface area contributed by atoms with Gasteiger partial charge in [-0.2, -0.15) is 0 Å². The summed E-state index contributed by atoms with van der Waals surface area (Å²) in [4.78, 5) is 37.4. The van der Waals surface area contributed by atoms with Crippen molar-refractivity contribution in [1.29, 1.82) is 0 Å². The molecule has 8 heteroatoms. The van der Waals surface area contributed by atoms with Gasteiger partial charge in [-0.15, -0.1) is 11.8 Å². The zero-order valence-corrected chi connectivity index (χ0v) is 18.2. The van der Waals surface area contributed by atoms with Crippen molar-refractivity contribution in [2.45, 2.75) is 45.2 Å². The van der Waals surface area contributed by atoms with Crippen LogP contribution in [0.1, 0.15) is 31.9 Å². The van der Waals surface area contributed by atoms with E-state index in [0.717, 1.165) is 11.1 Å². The summed E-state index contributed by atoms with van der Waals surface area (Å²) >= 11 is 1.42. The summed E-state index contributed by atoms with van der Waals surface area (Å²) in [6.07, 6.45) is 0. The Labute approximate surface area is 181 Å². The monoisotopic (exact) mass is 429 g/mol. The van der Waals surface area contributed by atoms with E-state index in [1.165, 1.54) is 23.9 Å². The molecule has 0 aliphatic carbocycles. The van der Waals surface area contributed by atoms with Crippen LogP contribution in [0, 0.1) is 10.1 Å². The molecule has 2 rings (SSSR count). The van der Waals surface area contributed by atoms with Crippen LogP contribution in [0.25, 0.3) is 0 Å². The normalized spacial score (nSPS) is 11.7. The molecule has 2 aromatic carbocycles. The maximum Gasteiger partial charge on any atom is 0.269 e.